The number of hydrogen-bond donors (Lipinski definition) is 0. The summed E-state index contributed by atoms with van der Waals surface area (Å²) < 4.78 is 1.97. The summed E-state index contributed by atoms with van der Waals surface area (Å²) in [7, 11) is 0. The molecule has 1 aromatic heterocycles. The summed E-state index contributed by atoms with van der Waals surface area (Å²) in [5.74, 6) is -0.0585. The Morgan fingerprint density at radius 3 is 2.56 bits per heavy atom. The third-order valence-corrected chi connectivity index (χ3v) is 5.88. The molecule has 0 saturated heterocycles. The van der Waals surface area contributed by atoms with Crippen LogP contribution in [0.1, 0.15) is 21.5 Å². The first-order valence-corrected chi connectivity index (χ1v) is 10.2. The molecule has 0 bridgehead atoms. The molecular weight excluding hydrogens is 420 g/mol. The predicted molar refractivity (Wildman–Crippen MR) is 115 cm³/mol. The average Bonchev–Trinajstić information content (AvgIpc) is 3.12. The lowest BCUT2D eigenvalue weighted by molar-refractivity contribution is 0.0985. The van der Waals surface area contributed by atoms with E-state index in [1.54, 1.807) is 16.2 Å². The molecule has 1 heterocycles. The summed E-state index contributed by atoms with van der Waals surface area (Å²) in [4.78, 5) is 19.9. The largest absolute Gasteiger partial charge is 0.279 e. The molecule has 0 saturated carbocycles. The van der Waals surface area contributed by atoms with Crippen molar-refractivity contribution in [1.29, 1.82) is 0 Å². The van der Waals surface area contributed by atoms with Crippen LogP contribution in [0.5, 0.6) is 0 Å². The Morgan fingerprint density at radius 2 is 1.81 bits per heavy atom. The van der Waals surface area contributed by atoms with E-state index >= 15 is 0 Å². The van der Waals surface area contributed by atoms with Crippen molar-refractivity contribution in [1.82, 2.24) is 4.98 Å². The average molecular weight is 437 g/mol. The lowest BCUT2D eigenvalue weighted by atomic mass is 10.1. The molecule has 0 aliphatic rings. The molecule has 4 rings (SSSR count). The van der Waals surface area contributed by atoms with Crippen molar-refractivity contribution < 1.29 is 4.79 Å². The lowest BCUT2D eigenvalue weighted by Crippen LogP contribution is -2.30. The van der Waals surface area contributed by atoms with Gasteiger partial charge in [-0.25, -0.2) is 4.98 Å². The van der Waals surface area contributed by atoms with Gasteiger partial charge in [0.25, 0.3) is 5.91 Å². The number of nitrogens with zero attached hydrogens (tertiary/aromatic N) is 2. The molecule has 0 fully saturated rings. The Labute approximate surface area is 170 Å². The van der Waals surface area contributed by atoms with Crippen LogP contribution in [-0.4, -0.2) is 10.9 Å². The number of fused-ring (bicyclic) bond motifs is 1. The van der Waals surface area contributed by atoms with Gasteiger partial charge in [-0.05, 0) is 42.3 Å². The van der Waals surface area contributed by atoms with Crippen molar-refractivity contribution in [3.05, 3.63) is 94.0 Å². The number of amides is 1. The molecule has 0 atom stereocenters. The van der Waals surface area contributed by atoms with Gasteiger partial charge in [0.15, 0.2) is 5.13 Å². The summed E-state index contributed by atoms with van der Waals surface area (Å²) in [6.07, 6.45) is 0. The number of aromatic nitrogens is 1. The van der Waals surface area contributed by atoms with Crippen molar-refractivity contribution in [3.63, 3.8) is 0 Å². The first-order valence-electron chi connectivity index (χ1n) is 8.59. The molecule has 3 aromatic carbocycles. The van der Waals surface area contributed by atoms with Crippen LogP contribution in [-0.2, 0) is 6.54 Å². The number of para-hydroxylation sites is 1. The number of halogens is 1. The van der Waals surface area contributed by atoms with Crippen molar-refractivity contribution in [3.8, 4) is 0 Å². The van der Waals surface area contributed by atoms with Gasteiger partial charge >= 0.3 is 0 Å². The molecule has 134 valence electrons. The second-order valence-electron chi connectivity index (χ2n) is 6.31. The highest BCUT2D eigenvalue weighted by Gasteiger charge is 2.22. The monoisotopic (exact) mass is 436 g/mol. The summed E-state index contributed by atoms with van der Waals surface area (Å²) in [6.45, 7) is 2.52. The van der Waals surface area contributed by atoms with Gasteiger partial charge in [0.2, 0.25) is 0 Å². The first kappa shape index (κ1) is 17.9. The Hall–Kier alpha value is -2.50. The minimum atomic E-state index is -0.0585. The van der Waals surface area contributed by atoms with E-state index in [4.69, 9.17) is 4.98 Å². The molecule has 4 aromatic rings. The molecule has 0 spiro atoms. The number of aryl methyl sites for hydroxylation is 1. The van der Waals surface area contributed by atoms with Gasteiger partial charge in [-0.2, -0.15) is 0 Å². The van der Waals surface area contributed by atoms with Gasteiger partial charge in [0.1, 0.15) is 0 Å². The highest BCUT2D eigenvalue weighted by molar-refractivity contribution is 9.10. The Morgan fingerprint density at radius 1 is 1.04 bits per heavy atom. The van der Waals surface area contributed by atoms with Crippen LogP contribution < -0.4 is 4.90 Å². The molecule has 0 unspecified atom stereocenters. The number of carbonyl (C=O) groups excluding carboxylic acids is 1. The normalized spacial score (nSPS) is 10.9. The minimum Gasteiger partial charge on any atom is -0.279 e. The minimum absolute atomic E-state index is 0.0585. The van der Waals surface area contributed by atoms with Crippen LogP contribution in [0.2, 0.25) is 0 Å². The molecule has 3 nitrogen and oxygen atoms in total. The first-order chi connectivity index (χ1) is 13.1. The van der Waals surface area contributed by atoms with E-state index in [9.17, 15) is 4.79 Å². The van der Waals surface area contributed by atoms with Gasteiger partial charge in [-0.15, -0.1) is 0 Å². The van der Waals surface area contributed by atoms with E-state index in [2.05, 4.69) is 15.9 Å². The molecule has 0 radical (unpaired) electrons. The maximum absolute atomic E-state index is 13.3. The highest BCUT2D eigenvalue weighted by Crippen LogP contribution is 2.32. The van der Waals surface area contributed by atoms with E-state index in [1.165, 1.54) is 0 Å². The van der Waals surface area contributed by atoms with Crippen LogP contribution in [0.25, 0.3) is 10.2 Å². The van der Waals surface area contributed by atoms with Crippen LogP contribution >= 0.6 is 27.3 Å². The van der Waals surface area contributed by atoms with E-state index < -0.39 is 0 Å². The standard InChI is InChI=1S/C22H17BrN2OS/c1-15-7-5-12-19-20(15)24-22(27-19)25(14-16-8-3-2-4-9-16)21(26)17-10-6-11-18(23)13-17/h2-13H,14H2,1H3. The molecule has 0 aliphatic heterocycles. The molecule has 27 heavy (non-hydrogen) atoms. The number of benzene rings is 3. The fraction of sp³-hybridized carbons (Fsp3) is 0.0909. The molecule has 1 amide bonds. The van der Waals surface area contributed by atoms with Gasteiger partial charge in [0, 0.05) is 10.0 Å². The third kappa shape index (κ3) is 3.80. The number of hydrogen-bond acceptors (Lipinski definition) is 3. The van der Waals surface area contributed by atoms with E-state index in [1.807, 2.05) is 79.7 Å². The van der Waals surface area contributed by atoms with Gasteiger partial charge in [0.05, 0.1) is 16.8 Å². The number of rotatable bonds is 4. The van der Waals surface area contributed by atoms with E-state index in [0.717, 1.165) is 25.8 Å². The zero-order valence-corrected chi connectivity index (χ0v) is 17.1. The Kier molecular flexibility index (Phi) is 5.05. The molecule has 0 aliphatic carbocycles. The van der Waals surface area contributed by atoms with Crippen molar-refractivity contribution in [2.24, 2.45) is 0 Å². The summed E-state index contributed by atoms with van der Waals surface area (Å²) in [5.41, 5.74) is 3.77. The lowest BCUT2D eigenvalue weighted by Gasteiger charge is -2.20. The highest BCUT2D eigenvalue weighted by atomic mass is 79.9. The second-order valence-corrected chi connectivity index (χ2v) is 8.23. The maximum Gasteiger partial charge on any atom is 0.260 e. The fourth-order valence-corrected chi connectivity index (χ4v) is 4.40. The Bertz CT molecular complexity index is 1110. The van der Waals surface area contributed by atoms with E-state index in [0.29, 0.717) is 17.2 Å². The van der Waals surface area contributed by atoms with Gasteiger partial charge < -0.3 is 0 Å². The molecular formula is C22H17BrN2OS. The van der Waals surface area contributed by atoms with Crippen LogP contribution in [0.15, 0.2) is 77.3 Å². The topological polar surface area (TPSA) is 33.2 Å². The van der Waals surface area contributed by atoms with Gasteiger partial charge in [-0.1, -0.05) is 75.8 Å². The maximum atomic E-state index is 13.3. The number of carbonyl (C=O) groups is 1. The van der Waals surface area contributed by atoms with Crippen LogP contribution in [0.4, 0.5) is 5.13 Å². The zero-order valence-electron chi connectivity index (χ0n) is 14.7. The Balaban J connectivity index is 1.79. The van der Waals surface area contributed by atoms with Crippen molar-refractivity contribution in [2.75, 3.05) is 4.90 Å². The molecule has 5 heteroatoms. The van der Waals surface area contributed by atoms with Crippen molar-refractivity contribution >= 4 is 48.5 Å². The number of thiazole rings is 1. The quantitative estimate of drug-likeness (QED) is 0.380. The summed E-state index contributed by atoms with van der Waals surface area (Å²) in [5, 5.41) is 0.716. The fourth-order valence-electron chi connectivity index (χ4n) is 2.96. The predicted octanol–water partition coefficient (Wildman–Crippen LogP) is 6.21. The number of anilines is 1. The van der Waals surface area contributed by atoms with Crippen LogP contribution in [0.3, 0.4) is 0 Å². The van der Waals surface area contributed by atoms with E-state index in [-0.39, 0.29) is 5.91 Å². The van der Waals surface area contributed by atoms with Crippen LogP contribution in [0, 0.1) is 6.92 Å². The zero-order chi connectivity index (χ0) is 18.8. The SMILES string of the molecule is Cc1cccc2sc(N(Cc3ccccc3)C(=O)c3cccc(Br)c3)nc12. The van der Waals surface area contributed by atoms with Gasteiger partial charge in [-0.3, -0.25) is 9.69 Å². The second kappa shape index (κ2) is 7.62. The molecule has 0 N–H and O–H groups in total. The van der Waals surface area contributed by atoms with Crippen molar-refractivity contribution in [2.45, 2.75) is 13.5 Å². The smallest absolute Gasteiger partial charge is 0.260 e. The summed E-state index contributed by atoms with van der Waals surface area (Å²) >= 11 is 5.00. The third-order valence-electron chi connectivity index (χ3n) is 4.34. The summed E-state index contributed by atoms with van der Waals surface area (Å²) in [6, 6.07) is 23.6.